The zero-order valence-corrected chi connectivity index (χ0v) is 14.9. The molecular formula is C20H28N2O2. The molecule has 1 heterocycles. The first-order valence-corrected chi connectivity index (χ1v) is 8.98. The minimum absolute atomic E-state index is 0.176. The number of likely N-dealkylation sites (tertiary alicyclic amines) is 1. The van der Waals surface area contributed by atoms with Gasteiger partial charge in [0.15, 0.2) is 0 Å². The number of hydrogen-bond donors (Lipinski definition) is 0. The Morgan fingerprint density at radius 2 is 1.79 bits per heavy atom. The molecule has 1 aromatic carbocycles. The van der Waals surface area contributed by atoms with Crippen molar-refractivity contribution in [1.82, 2.24) is 4.90 Å². The van der Waals surface area contributed by atoms with Crippen molar-refractivity contribution in [1.29, 1.82) is 0 Å². The summed E-state index contributed by atoms with van der Waals surface area (Å²) in [5.41, 5.74) is 0.708. The molecule has 1 aliphatic heterocycles. The van der Waals surface area contributed by atoms with E-state index in [1.165, 1.54) is 6.42 Å². The van der Waals surface area contributed by atoms with E-state index in [1.54, 1.807) is 0 Å². The van der Waals surface area contributed by atoms with Crippen LogP contribution in [0.1, 0.15) is 45.6 Å². The highest BCUT2D eigenvalue weighted by atomic mass is 16.6. The lowest BCUT2D eigenvalue weighted by Gasteiger charge is -2.45. The highest BCUT2D eigenvalue weighted by Crippen LogP contribution is 2.37. The second-order valence-corrected chi connectivity index (χ2v) is 8.02. The monoisotopic (exact) mass is 328 g/mol. The molecule has 1 saturated heterocycles. The Bertz CT molecular complexity index is 577. The summed E-state index contributed by atoms with van der Waals surface area (Å²) in [6.07, 6.45) is 5.36. The van der Waals surface area contributed by atoms with Crippen molar-refractivity contribution in [2.75, 3.05) is 13.1 Å². The van der Waals surface area contributed by atoms with E-state index < -0.39 is 5.60 Å². The number of carbonyl (C=O) groups excluding carboxylic acids is 1. The van der Waals surface area contributed by atoms with Gasteiger partial charge in [0.05, 0.1) is 6.04 Å². The topological polar surface area (TPSA) is 41.9 Å². The Hall–Kier alpha value is -1.84. The molecule has 24 heavy (non-hydrogen) atoms. The fraction of sp³-hybridized carbons (Fsp3) is 0.600. The van der Waals surface area contributed by atoms with Gasteiger partial charge >= 0.3 is 6.09 Å². The predicted octanol–water partition coefficient (Wildman–Crippen LogP) is 4.14. The second-order valence-electron chi connectivity index (χ2n) is 8.02. The maximum absolute atomic E-state index is 12.4. The predicted molar refractivity (Wildman–Crippen MR) is 96.5 cm³/mol. The first-order chi connectivity index (χ1) is 11.4. The van der Waals surface area contributed by atoms with Gasteiger partial charge in [0.2, 0.25) is 0 Å². The van der Waals surface area contributed by atoms with E-state index in [4.69, 9.17) is 9.73 Å². The van der Waals surface area contributed by atoms with Crippen LogP contribution in [0, 0.1) is 11.8 Å². The van der Waals surface area contributed by atoms with Crippen molar-refractivity contribution in [3.63, 3.8) is 0 Å². The summed E-state index contributed by atoms with van der Waals surface area (Å²) in [4.78, 5) is 19.2. The van der Waals surface area contributed by atoms with Crippen molar-refractivity contribution < 1.29 is 9.53 Å². The maximum Gasteiger partial charge on any atom is 0.410 e. The summed E-state index contributed by atoms with van der Waals surface area (Å²) in [6.45, 7) is 7.29. The summed E-state index contributed by atoms with van der Waals surface area (Å²) in [7, 11) is 0. The van der Waals surface area contributed by atoms with Gasteiger partial charge in [-0.15, -0.1) is 0 Å². The molecule has 0 N–H and O–H groups in total. The molecule has 0 spiro atoms. The van der Waals surface area contributed by atoms with Crippen LogP contribution in [0.2, 0.25) is 0 Å². The van der Waals surface area contributed by atoms with Gasteiger partial charge in [0, 0.05) is 19.3 Å². The van der Waals surface area contributed by atoms with Crippen LogP contribution in [-0.2, 0) is 4.74 Å². The summed E-state index contributed by atoms with van der Waals surface area (Å²) in [5, 5.41) is 0. The van der Waals surface area contributed by atoms with Crippen molar-refractivity contribution in [3.05, 3.63) is 35.9 Å². The molecule has 4 heteroatoms. The van der Waals surface area contributed by atoms with Crippen molar-refractivity contribution in [3.8, 4) is 0 Å². The molecule has 4 nitrogen and oxygen atoms in total. The zero-order chi connectivity index (χ0) is 17.2. The van der Waals surface area contributed by atoms with Crippen molar-refractivity contribution >= 4 is 12.3 Å². The number of rotatable bonds is 2. The second kappa shape index (κ2) is 6.96. The molecule has 0 radical (unpaired) electrons. The number of ether oxygens (including phenoxy) is 1. The molecule has 3 rings (SSSR count). The van der Waals surface area contributed by atoms with E-state index >= 15 is 0 Å². The molecule has 2 aliphatic rings. The Balaban J connectivity index is 1.68. The molecule has 2 unspecified atom stereocenters. The van der Waals surface area contributed by atoms with Crippen LogP contribution >= 0.6 is 0 Å². The molecule has 2 fully saturated rings. The van der Waals surface area contributed by atoms with Gasteiger partial charge in [0.1, 0.15) is 5.60 Å². The molecule has 1 aromatic rings. The summed E-state index contributed by atoms with van der Waals surface area (Å²) in [5.74, 6) is 0.898. The summed E-state index contributed by atoms with van der Waals surface area (Å²) in [6, 6.07) is 10.6. The number of benzene rings is 1. The third-order valence-electron chi connectivity index (χ3n) is 4.87. The van der Waals surface area contributed by atoms with Crippen LogP contribution < -0.4 is 0 Å². The standard InChI is InChI=1S/C20H28N2O2/c1-20(2,3)24-19(23)22-13-16-10-7-11-17(14-22)18(16)21-12-15-8-5-4-6-9-15/h4-6,8-9,12,16-18H,7,10-11,13-14H2,1-3H3. The van der Waals surface area contributed by atoms with Crippen LogP contribution in [0.25, 0.3) is 0 Å². The van der Waals surface area contributed by atoms with Gasteiger partial charge in [-0.25, -0.2) is 4.79 Å². The van der Waals surface area contributed by atoms with E-state index in [0.29, 0.717) is 17.9 Å². The largest absolute Gasteiger partial charge is 0.444 e. The summed E-state index contributed by atoms with van der Waals surface area (Å²) >= 11 is 0. The van der Waals surface area contributed by atoms with E-state index in [2.05, 4.69) is 12.1 Å². The lowest BCUT2D eigenvalue weighted by Crippen LogP contribution is -2.53. The van der Waals surface area contributed by atoms with E-state index in [1.807, 2.05) is 50.1 Å². The molecule has 1 aliphatic carbocycles. The lowest BCUT2D eigenvalue weighted by atomic mass is 9.74. The van der Waals surface area contributed by atoms with Crippen LogP contribution in [0.4, 0.5) is 4.79 Å². The Morgan fingerprint density at radius 3 is 2.38 bits per heavy atom. The molecule has 2 atom stereocenters. The number of carbonyl (C=O) groups is 1. The fourth-order valence-corrected chi connectivity index (χ4v) is 3.84. The van der Waals surface area contributed by atoms with Gasteiger partial charge in [-0.05, 0) is 51.0 Å². The van der Waals surface area contributed by atoms with Crippen LogP contribution in [0.3, 0.4) is 0 Å². The van der Waals surface area contributed by atoms with Gasteiger partial charge in [-0.2, -0.15) is 0 Å². The third kappa shape index (κ3) is 4.16. The normalized spacial score (nSPS) is 27.3. The molecule has 1 amide bonds. The van der Waals surface area contributed by atoms with E-state index in [-0.39, 0.29) is 6.09 Å². The SMILES string of the molecule is CC(C)(C)OC(=O)N1CC2CCCC(C1)C2N=Cc1ccccc1. The van der Waals surface area contributed by atoms with Gasteiger partial charge in [-0.3, -0.25) is 4.99 Å². The number of nitrogens with zero attached hydrogens (tertiary/aromatic N) is 2. The maximum atomic E-state index is 12.4. The molecule has 2 bridgehead atoms. The van der Waals surface area contributed by atoms with Gasteiger partial charge < -0.3 is 9.64 Å². The molecule has 130 valence electrons. The lowest BCUT2D eigenvalue weighted by molar-refractivity contribution is -0.00126. The van der Waals surface area contributed by atoms with Crippen LogP contribution in [0.5, 0.6) is 0 Å². The number of aliphatic imine (C=N–C) groups is 1. The first-order valence-electron chi connectivity index (χ1n) is 8.98. The molecule has 1 saturated carbocycles. The van der Waals surface area contributed by atoms with E-state index in [9.17, 15) is 4.79 Å². The van der Waals surface area contributed by atoms with Crippen LogP contribution in [-0.4, -0.2) is 41.9 Å². The average molecular weight is 328 g/mol. The number of piperidine rings is 1. The smallest absolute Gasteiger partial charge is 0.410 e. The Labute approximate surface area is 144 Å². The zero-order valence-electron chi connectivity index (χ0n) is 14.9. The third-order valence-corrected chi connectivity index (χ3v) is 4.87. The minimum Gasteiger partial charge on any atom is -0.444 e. The Kier molecular flexibility index (Phi) is 4.93. The minimum atomic E-state index is -0.436. The quantitative estimate of drug-likeness (QED) is 0.766. The highest BCUT2D eigenvalue weighted by molar-refractivity contribution is 5.79. The fourth-order valence-electron chi connectivity index (χ4n) is 3.84. The average Bonchev–Trinajstić information content (AvgIpc) is 2.51. The van der Waals surface area contributed by atoms with Gasteiger partial charge in [0.25, 0.3) is 0 Å². The molecular weight excluding hydrogens is 300 g/mol. The van der Waals surface area contributed by atoms with Crippen molar-refractivity contribution in [2.45, 2.75) is 51.7 Å². The first kappa shape index (κ1) is 17.0. The Morgan fingerprint density at radius 1 is 1.17 bits per heavy atom. The van der Waals surface area contributed by atoms with Gasteiger partial charge in [-0.1, -0.05) is 36.8 Å². The highest BCUT2D eigenvalue weighted by Gasteiger charge is 2.41. The number of amides is 1. The van der Waals surface area contributed by atoms with Crippen molar-refractivity contribution in [2.24, 2.45) is 16.8 Å². The number of fused-ring (bicyclic) bond motifs is 2. The molecule has 0 aromatic heterocycles. The van der Waals surface area contributed by atoms with Crippen LogP contribution in [0.15, 0.2) is 35.3 Å². The number of hydrogen-bond acceptors (Lipinski definition) is 3. The summed E-state index contributed by atoms with van der Waals surface area (Å²) < 4.78 is 5.56. The van der Waals surface area contributed by atoms with E-state index in [0.717, 1.165) is 31.5 Å².